The van der Waals surface area contributed by atoms with E-state index in [9.17, 15) is 22.0 Å². The first-order chi connectivity index (χ1) is 10.1. The number of aliphatic imine (C=N–C) groups is 1. The van der Waals surface area contributed by atoms with Gasteiger partial charge < -0.3 is 16.2 Å². The van der Waals surface area contributed by atoms with Gasteiger partial charge >= 0.3 is 12.1 Å². The van der Waals surface area contributed by atoms with Crippen LogP contribution in [0.3, 0.4) is 0 Å². The van der Waals surface area contributed by atoms with Gasteiger partial charge in [-0.2, -0.15) is 13.2 Å². The van der Waals surface area contributed by atoms with Crippen LogP contribution in [-0.2, 0) is 4.79 Å². The minimum Gasteiger partial charge on any atom is -0.475 e. The van der Waals surface area contributed by atoms with Crippen molar-refractivity contribution in [3.63, 3.8) is 0 Å². The van der Waals surface area contributed by atoms with Crippen molar-refractivity contribution >= 4 is 11.9 Å². The van der Waals surface area contributed by atoms with Crippen LogP contribution in [0.25, 0.3) is 0 Å². The smallest absolute Gasteiger partial charge is 0.475 e. The maximum atomic E-state index is 13.0. The number of carbonyl (C=O) groups is 1. The molecular weight excluding hydrogens is 313 g/mol. The average Bonchev–Trinajstić information content (AvgIpc) is 2.37. The highest BCUT2D eigenvalue weighted by atomic mass is 19.4. The van der Waals surface area contributed by atoms with Gasteiger partial charge in [-0.05, 0) is 24.1 Å². The highest BCUT2D eigenvalue weighted by molar-refractivity contribution is 5.78. The number of carboxylic acid groups (broad SMARTS) is 1. The molecule has 1 aliphatic rings. The zero-order valence-electron chi connectivity index (χ0n) is 11.0. The lowest BCUT2D eigenvalue weighted by atomic mass is 10.0. The molecule has 0 bridgehead atoms. The molecule has 0 aromatic heterocycles. The van der Waals surface area contributed by atoms with Crippen molar-refractivity contribution in [2.45, 2.75) is 18.6 Å². The van der Waals surface area contributed by atoms with Crippen molar-refractivity contribution < 1.29 is 31.9 Å². The van der Waals surface area contributed by atoms with Crippen LogP contribution in [0.1, 0.15) is 18.0 Å². The minimum atomic E-state index is -5.08. The number of rotatable bonds is 1. The Morgan fingerprint density at radius 2 is 1.77 bits per heavy atom. The van der Waals surface area contributed by atoms with Crippen molar-refractivity contribution in [1.82, 2.24) is 5.32 Å². The quantitative estimate of drug-likeness (QED) is 0.689. The largest absolute Gasteiger partial charge is 0.490 e. The van der Waals surface area contributed by atoms with Gasteiger partial charge in [0.1, 0.15) is 11.6 Å². The number of benzene rings is 1. The Morgan fingerprint density at radius 3 is 2.18 bits per heavy atom. The number of nitrogens with two attached hydrogens (primary N) is 1. The normalized spacial score (nSPS) is 17.7. The predicted octanol–water partition coefficient (Wildman–Crippen LogP) is 1.95. The molecule has 22 heavy (non-hydrogen) atoms. The lowest BCUT2D eigenvalue weighted by molar-refractivity contribution is -0.192. The fourth-order valence-electron chi connectivity index (χ4n) is 1.64. The summed E-state index contributed by atoms with van der Waals surface area (Å²) in [4.78, 5) is 12.8. The van der Waals surface area contributed by atoms with E-state index in [-0.39, 0.29) is 6.04 Å². The fourth-order valence-corrected chi connectivity index (χ4v) is 1.64. The molecule has 1 aromatic carbocycles. The van der Waals surface area contributed by atoms with Gasteiger partial charge in [0.15, 0.2) is 5.96 Å². The Labute approximate surface area is 121 Å². The number of halogens is 5. The van der Waals surface area contributed by atoms with Gasteiger partial charge in [0.2, 0.25) is 0 Å². The molecule has 1 aliphatic heterocycles. The second kappa shape index (κ2) is 7.05. The highest BCUT2D eigenvalue weighted by Gasteiger charge is 2.38. The molecule has 0 spiro atoms. The summed E-state index contributed by atoms with van der Waals surface area (Å²) in [5.41, 5.74) is 6.05. The lowest BCUT2D eigenvalue weighted by Crippen LogP contribution is -2.38. The number of guanidine groups is 1. The van der Waals surface area contributed by atoms with Crippen molar-refractivity contribution in [3.05, 3.63) is 35.4 Å². The molecule has 0 fully saturated rings. The van der Waals surface area contributed by atoms with E-state index in [1.54, 1.807) is 0 Å². The van der Waals surface area contributed by atoms with E-state index in [1.165, 1.54) is 12.1 Å². The Morgan fingerprint density at radius 1 is 1.27 bits per heavy atom. The molecule has 1 unspecified atom stereocenters. The van der Waals surface area contributed by atoms with E-state index in [1.807, 2.05) is 0 Å². The second-order valence-corrected chi connectivity index (χ2v) is 4.26. The number of alkyl halides is 3. The molecule has 2 rings (SSSR count). The average molecular weight is 325 g/mol. The summed E-state index contributed by atoms with van der Waals surface area (Å²) >= 11 is 0. The maximum Gasteiger partial charge on any atom is 0.490 e. The van der Waals surface area contributed by atoms with Crippen LogP contribution in [0, 0.1) is 11.6 Å². The third-order valence-electron chi connectivity index (χ3n) is 2.55. The van der Waals surface area contributed by atoms with Gasteiger partial charge in [0.05, 0.1) is 6.04 Å². The van der Waals surface area contributed by atoms with E-state index in [4.69, 9.17) is 15.6 Å². The van der Waals surface area contributed by atoms with Crippen LogP contribution in [0.2, 0.25) is 0 Å². The number of hydrogen-bond acceptors (Lipinski definition) is 4. The summed E-state index contributed by atoms with van der Waals surface area (Å²) in [6, 6.07) is 3.30. The predicted molar refractivity (Wildman–Crippen MR) is 67.0 cm³/mol. The summed E-state index contributed by atoms with van der Waals surface area (Å²) in [6.45, 7) is 0.571. The summed E-state index contributed by atoms with van der Waals surface area (Å²) in [7, 11) is 0. The maximum absolute atomic E-state index is 13.0. The summed E-state index contributed by atoms with van der Waals surface area (Å²) in [5, 5.41) is 10.0. The fraction of sp³-hybridized carbons (Fsp3) is 0.333. The van der Waals surface area contributed by atoms with Crippen molar-refractivity contribution in [3.8, 4) is 0 Å². The van der Waals surface area contributed by atoms with Crippen LogP contribution >= 0.6 is 0 Å². The number of hydrogen-bond donors (Lipinski definition) is 3. The zero-order chi connectivity index (χ0) is 16.9. The van der Waals surface area contributed by atoms with Gasteiger partial charge in [-0.3, -0.25) is 4.99 Å². The molecule has 0 saturated carbocycles. The third kappa shape index (κ3) is 5.54. The van der Waals surface area contributed by atoms with Crippen LogP contribution in [-0.4, -0.2) is 29.8 Å². The van der Waals surface area contributed by atoms with Crippen molar-refractivity contribution in [2.24, 2.45) is 10.7 Å². The molecule has 0 radical (unpaired) electrons. The van der Waals surface area contributed by atoms with Crippen LogP contribution in [0.4, 0.5) is 22.0 Å². The summed E-state index contributed by atoms with van der Waals surface area (Å²) in [5.74, 6) is -3.59. The van der Waals surface area contributed by atoms with Gasteiger partial charge in [-0.25, -0.2) is 13.6 Å². The van der Waals surface area contributed by atoms with E-state index in [0.29, 0.717) is 24.5 Å². The minimum absolute atomic E-state index is 0.160. The first-order valence-corrected chi connectivity index (χ1v) is 5.92. The standard InChI is InChI=1S/C10H11F2N3.C2HF3O2/c11-7-3-6(4-8(12)5-7)9-1-2-14-10(13)15-9;3-2(4,5)1(6)7/h3-5,9H,1-2H2,(H3,13,14,15);(H,6,7). The van der Waals surface area contributed by atoms with Gasteiger partial charge in [-0.1, -0.05) is 0 Å². The van der Waals surface area contributed by atoms with Crippen LogP contribution < -0.4 is 11.1 Å². The number of nitrogens with one attached hydrogen (secondary N) is 1. The molecule has 1 aromatic rings. The van der Waals surface area contributed by atoms with E-state index in [0.717, 1.165) is 6.07 Å². The molecule has 0 saturated heterocycles. The van der Waals surface area contributed by atoms with E-state index < -0.39 is 23.8 Å². The lowest BCUT2D eigenvalue weighted by Gasteiger charge is -2.22. The second-order valence-electron chi connectivity index (χ2n) is 4.26. The first-order valence-electron chi connectivity index (χ1n) is 5.92. The van der Waals surface area contributed by atoms with Crippen molar-refractivity contribution in [1.29, 1.82) is 0 Å². The molecule has 1 heterocycles. The summed E-state index contributed by atoms with van der Waals surface area (Å²) in [6.07, 6.45) is -4.40. The molecular formula is C12H12F5N3O2. The number of carboxylic acids is 1. The molecule has 122 valence electrons. The Kier molecular flexibility index (Phi) is 5.66. The Bertz CT molecular complexity index is 554. The highest BCUT2D eigenvalue weighted by Crippen LogP contribution is 2.20. The monoisotopic (exact) mass is 325 g/mol. The van der Waals surface area contributed by atoms with Crippen molar-refractivity contribution in [2.75, 3.05) is 6.54 Å². The third-order valence-corrected chi connectivity index (χ3v) is 2.55. The molecule has 4 N–H and O–H groups in total. The first kappa shape index (κ1) is 17.7. The molecule has 0 amide bonds. The molecule has 10 heteroatoms. The van der Waals surface area contributed by atoms with Crippen LogP contribution in [0.15, 0.2) is 23.2 Å². The Balaban J connectivity index is 0.000000295. The Hall–Kier alpha value is -2.39. The van der Waals surface area contributed by atoms with E-state index >= 15 is 0 Å². The van der Waals surface area contributed by atoms with Gasteiger partial charge in [0, 0.05) is 12.6 Å². The SMILES string of the molecule is NC1=NCCC(c2cc(F)cc(F)c2)N1.O=C(O)C(F)(F)F. The topological polar surface area (TPSA) is 87.7 Å². The van der Waals surface area contributed by atoms with Gasteiger partial charge in [-0.15, -0.1) is 0 Å². The number of nitrogens with zero attached hydrogens (tertiary/aromatic N) is 1. The summed E-state index contributed by atoms with van der Waals surface area (Å²) < 4.78 is 57.6. The van der Waals surface area contributed by atoms with Gasteiger partial charge in [0.25, 0.3) is 0 Å². The number of aliphatic carboxylic acids is 1. The molecule has 0 aliphatic carbocycles. The van der Waals surface area contributed by atoms with E-state index in [2.05, 4.69) is 10.3 Å². The zero-order valence-corrected chi connectivity index (χ0v) is 11.0. The van der Waals surface area contributed by atoms with Crippen LogP contribution in [0.5, 0.6) is 0 Å². The molecule has 1 atom stereocenters. The molecule has 5 nitrogen and oxygen atoms in total.